The van der Waals surface area contributed by atoms with E-state index in [9.17, 15) is 4.79 Å². The summed E-state index contributed by atoms with van der Waals surface area (Å²) in [5, 5.41) is 0. The van der Waals surface area contributed by atoms with Crippen molar-refractivity contribution in [2.24, 2.45) is 0 Å². The zero-order valence-electron chi connectivity index (χ0n) is 9.56. The van der Waals surface area contributed by atoms with E-state index in [1.54, 1.807) is 12.4 Å². The number of Topliss-reactive ketones (excluding diaryl/α,β-unsaturated/α-hetero) is 1. The highest BCUT2D eigenvalue weighted by Gasteiger charge is 2.19. The number of fused-ring (bicyclic) bond motifs is 1. The number of nitrogens with zero attached hydrogens (tertiary/aromatic N) is 3. The summed E-state index contributed by atoms with van der Waals surface area (Å²) >= 11 is 3.34. The average Bonchev–Trinajstić information content (AvgIpc) is 2.39. The molecule has 0 radical (unpaired) electrons. The van der Waals surface area contributed by atoms with E-state index in [-0.39, 0.29) is 5.78 Å². The van der Waals surface area contributed by atoms with Crippen molar-refractivity contribution in [3.8, 4) is 11.5 Å². The number of hydrogen-bond donors (Lipinski definition) is 0. The number of carbonyl (C=O) groups excluding carboxylic acids is 1. The molecule has 1 aliphatic carbocycles. The Morgan fingerprint density at radius 3 is 2.78 bits per heavy atom. The lowest BCUT2D eigenvalue weighted by molar-refractivity contribution is 0.0971. The van der Waals surface area contributed by atoms with Crippen LogP contribution in [0.2, 0.25) is 0 Å². The molecule has 0 fully saturated rings. The molecular weight excluding hydrogens is 294 g/mol. The van der Waals surface area contributed by atoms with E-state index in [4.69, 9.17) is 0 Å². The van der Waals surface area contributed by atoms with E-state index in [0.717, 1.165) is 28.7 Å². The van der Waals surface area contributed by atoms with Crippen LogP contribution in [-0.4, -0.2) is 20.7 Å². The van der Waals surface area contributed by atoms with Crippen molar-refractivity contribution < 1.29 is 4.79 Å². The fourth-order valence-corrected chi connectivity index (χ4v) is 2.26. The number of halogens is 1. The summed E-state index contributed by atoms with van der Waals surface area (Å²) < 4.78 is 0.916. The van der Waals surface area contributed by atoms with E-state index >= 15 is 0 Å². The summed E-state index contributed by atoms with van der Waals surface area (Å²) in [5.74, 6) is 0.725. The molecule has 90 valence electrons. The van der Waals surface area contributed by atoms with Crippen molar-refractivity contribution >= 4 is 21.7 Å². The summed E-state index contributed by atoms with van der Waals surface area (Å²) in [6, 6.07) is 3.76. The van der Waals surface area contributed by atoms with Crippen LogP contribution in [0, 0.1) is 0 Å². The third kappa shape index (κ3) is 2.06. The summed E-state index contributed by atoms with van der Waals surface area (Å²) in [6.07, 6.45) is 5.65. The van der Waals surface area contributed by atoms with Crippen molar-refractivity contribution in [1.29, 1.82) is 0 Å². The normalized spacial score (nSPS) is 14.4. The molecule has 0 aromatic carbocycles. The molecule has 0 bridgehead atoms. The Hall–Kier alpha value is -1.62. The Kier molecular flexibility index (Phi) is 2.91. The first-order chi connectivity index (χ1) is 8.74. The standard InChI is InChI=1S/C13H10BrN3O/c14-8-4-5-11(15-6-8)13-16-7-9-10(17-13)2-1-3-12(9)18/h4-7H,1-3H2. The maximum atomic E-state index is 11.7. The fourth-order valence-electron chi connectivity index (χ4n) is 2.02. The molecule has 3 rings (SSSR count). The lowest BCUT2D eigenvalue weighted by Crippen LogP contribution is -2.14. The molecule has 0 amide bonds. The van der Waals surface area contributed by atoms with Gasteiger partial charge in [0, 0.05) is 23.3 Å². The van der Waals surface area contributed by atoms with Crippen LogP contribution in [0.5, 0.6) is 0 Å². The lowest BCUT2D eigenvalue weighted by Gasteiger charge is -2.13. The van der Waals surface area contributed by atoms with E-state index in [1.807, 2.05) is 12.1 Å². The van der Waals surface area contributed by atoms with Crippen LogP contribution in [0.4, 0.5) is 0 Å². The molecule has 2 aromatic heterocycles. The Balaban J connectivity index is 2.04. The third-order valence-electron chi connectivity index (χ3n) is 2.94. The van der Waals surface area contributed by atoms with E-state index in [2.05, 4.69) is 30.9 Å². The van der Waals surface area contributed by atoms with Crippen LogP contribution in [0.15, 0.2) is 29.0 Å². The van der Waals surface area contributed by atoms with Gasteiger partial charge in [0.15, 0.2) is 11.6 Å². The fraction of sp³-hybridized carbons (Fsp3) is 0.231. The summed E-state index contributed by atoms with van der Waals surface area (Å²) in [6.45, 7) is 0. The molecule has 0 N–H and O–H groups in total. The number of pyridine rings is 1. The first-order valence-electron chi connectivity index (χ1n) is 5.75. The maximum absolute atomic E-state index is 11.7. The first kappa shape index (κ1) is 11.5. The van der Waals surface area contributed by atoms with Crippen LogP contribution in [0.3, 0.4) is 0 Å². The molecular formula is C13H10BrN3O. The van der Waals surface area contributed by atoms with E-state index in [0.29, 0.717) is 17.8 Å². The zero-order valence-corrected chi connectivity index (χ0v) is 11.1. The molecule has 5 heteroatoms. The van der Waals surface area contributed by atoms with Crippen molar-refractivity contribution in [3.63, 3.8) is 0 Å². The number of rotatable bonds is 1. The zero-order chi connectivity index (χ0) is 12.5. The van der Waals surface area contributed by atoms with Crippen molar-refractivity contribution in [2.75, 3.05) is 0 Å². The van der Waals surface area contributed by atoms with Crippen LogP contribution in [-0.2, 0) is 6.42 Å². The highest BCUT2D eigenvalue weighted by atomic mass is 79.9. The van der Waals surface area contributed by atoms with Gasteiger partial charge >= 0.3 is 0 Å². The SMILES string of the molecule is O=C1CCCc2nc(-c3ccc(Br)cn3)ncc21. The van der Waals surface area contributed by atoms with E-state index < -0.39 is 0 Å². The van der Waals surface area contributed by atoms with Gasteiger partial charge in [-0.2, -0.15) is 0 Å². The maximum Gasteiger partial charge on any atom is 0.178 e. The minimum absolute atomic E-state index is 0.145. The Labute approximate surface area is 113 Å². The van der Waals surface area contributed by atoms with Crippen molar-refractivity contribution in [3.05, 3.63) is 40.3 Å². The molecule has 4 nitrogen and oxygen atoms in total. The second-order valence-electron chi connectivity index (χ2n) is 4.19. The van der Waals surface area contributed by atoms with Gasteiger partial charge in [-0.15, -0.1) is 0 Å². The molecule has 0 saturated heterocycles. The van der Waals surface area contributed by atoms with Gasteiger partial charge in [0.05, 0.1) is 11.3 Å². The van der Waals surface area contributed by atoms with Crippen molar-refractivity contribution in [2.45, 2.75) is 19.3 Å². The Morgan fingerprint density at radius 2 is 2.00 bits per heavy atom. The molecule has 0 aliphatic heterocycles. The van der Waals surface area contributed by atoms with E-state index in [1.165, 1.54) is 0 Å². The molecule has 0 saturated carbocycles. The second-order valence-corrected chi connectivity index (χ2v) is 5.11. The van der Waals surface area contributed by atoms with Gasteiger partial charge in [-0.05, 0) is 40.9 Å². The number of ketones is 1. The number of hydrogen-bond acceptors (Lipinski definition) is 4. The van der Waals surface area contributed by atoms with Gasteiger partial charge < -0.3 is 0 Å². The van der Waals surface area contributed by atoms with Crippen LogP contribution in [0.1, 0.15) is 28.9 Å². The topological polar surface area (TPSA) is 55.7 Å². The van der Waals surface area contributed by atoms with Gasteiger partial charge in [0.25, 0.3) is 0 Å². The smallest absolute Gasteiger partial charge is 0.178 e. The number of carbonyl (C=O) groups is 1. The monoisotopic (exact) mass is 303 g/mol. The van der Waals surface area contributed by atoms with Crippen LogP contribution < -0.4 is 0 Å². The predicted molar refractivity (Wildman–Crippen MR) is 70.2 cm³/mol. The highest BCUT2D eigenvalue weighted by molar-refractivity contribution is 9.10. The quantitative estimate of drug-likeness (QED) is 0.813. The average molecular weight is 304 g/mol. The van der Waals surface area contributed by atoms with Crippen LogP contribution >= 0.6 is 15.9 Å². The number of aromatic nitrogens is 3. The van der Waals surface area contributed by atoms with Gasteiger partial charge in [0.1, 0.15) is 5.69 Å². The van der Waals surface area contributed by atoms with Gasteiger partial charge in [0.2, 0.25) is 0 Å². The van der Waals surface area contributed by atoms with Gasteiger partial charge in [-0.1, -0.05) is 0 Å². The Morgan fingerprint density at radius 1 is 1.11 bits per heavy atom. The summed E-state index contributed by atoms with van der Waals surface area (Å²) in [5.41, 5.74) is 2.24. The minimum atomic E-state index is 0.145. The molecule has 2 heterocycles. The molecule has 0 atom stereocenters. The minimum Gasteiger partial charge on any atom is -0.294 e. The lowest BCUT2D eigenvalue weighted by atomic mass is 9.96. The van der Waals surface area contributed by atoms with Gasteiger partial charge in [-0.25, -0.2) is 9.97 Å². The number of aryl methyl sites for hydroxylation is 1. The van der Waals surface area contributed by atoms with Crippen molar-refractivity contribution in [1.82, 2.24) is 15.0 Å². The highest BCUT2D eigenvalue weighted by Crippen LogP contribution is 2.22. The molecule has 18 heavy (non-hydrogen) atoms. The second kappa shape index (κ2) is 4.57. The first-order valence-corrected chi connectivity index (χ1v) is 6.54. The molecule has 1 aliphatic rings. The third-order valence-corrected chi connectivity index (χ3v) is 3.41. The van der Waals surface area contributed by atoms with Gasteiger partial charge in [-0.3, -0.25) is 9.78 Å². The molecule has 0 spiro atoms. The molecule has 0 unspecified atom stereocenters. The summed E-state index contributed by atoms with van der Waals surface area (Å²) in [4.78, 5) is 24.6. The summed E-state index contributed by atoms with van der Waals surface area (Å²) in [7, 11) is 0. The molecule has 2 aromatic rings. The van der Waals surface area contributed by atoms with Crippen LogP contribution in [0.25, 0.3) is 11.5 Å². The predicted octanol–water partition coefficient (Wildman–Crippen LogP) is 2.82. The Bertz CT molecular complexity index is 610. The largest absolute Gasteiger partial charge is 0.294 e.